The summed E-state index contributed by atoms with van der Waals surface area (Å²) < 4.78 is 5.15. The minimum atomic E-state index is 0.0859. The van der Waals surface area contributed by atoms with Gasteiger partial charge < -0.3 is 9.64 Å². The van der Waals surface area contributed by atoms with Crippen molar-refractivity contribution in [3.63, 3.8) is 0 Å². The summed E-state index contributed by atoms with van der Waals surface area (Å²) in [6.45, 7) is 2.42. The Kier molecular flexibility index (Phi) is 6.62. The van der Waals surface area contributed by atoms with Crippen LogP contribution in [0, 0.1) is 17.2 Å². The molecule has 3 rings (SSSR count). The monoisotopic (exact) mass is 362 g/mol. The molecule has 0 spiro atoms. The van der Waals surface area contributed by atoms with Gasteiger partial charge in [0, 0.05) is 32.4 Å². The van der Waals surface area contributed by atoms with E-state index in [9.17, 15) is 10.1 Å². The Morgan fingerprint density at radius 1 is 1.26 bits per heavy atom. The normalized spacial score (nSPS) is 16.7. The summed E-state index contributed by atoms with van der Waals surface area (Å²) >= 11 is 0. The van der Waals surface area contributed by atoms with Gasteiger partial charge in [0.2, 0.25) is 0 Å². The second-order valence-corrected chi connectivity index (χ2v) is 7.13. The Morgan fingerprint density at radius 3 is 2.93 bits per heavy atom. The van der Waals surface area contributed by atoms with Gasteiger partial charge in [-0.1, -0.05) is 30.3 Å². The van der Waals surface area contributed by atoms with Crippen LogP contribution in [0.4, 0.5) is 0 Å². The number of ether oxygens (including phenoxy) is 1. The first-order valence-electron chi connectivity index (χ1n) is 9.60. The fourth-order valence-electron chi connectivity index (χ4n) is 3.84. The number of carbonyl (C=O) groups excluding carboxylic acids is 1. The second-order valence-electron chi connectivity index (χ2n) is 7.13. The molecule has 1 fully saturated rings. The number of carbonyl (C=O) groups is 1. The lowest BCUT2D eigenvalue weighted by Crippen LogP contribution is -2.40. The summed E-state index contributed by atoms with van der Waals surface area (Å²) in [5, 5.41) is 9.35. The van der Waals surface area contributed by atoms with Crippen LogP contribution in [-0.4, -0.2) is 37.6 Å². The number of nitrogens with zero attached hydrogens (tertiary/aromatic N) is 2. The Balaban J connectivity index is 1.75. The van der Waals surface area contributed by atoms with Gasteiger partial charge in [0.05, 0.1) is 11.6 Å². The quantitative estimate of drug-likeness (QED) is 0.711. The number of hydrogen-bond donors (Lipinski definition) is 0. The lowest BCUT2D eigenvalue weighted by molar-refractivity contribution is 0.0660. The molecule has 0 N–H and O–H groups in total. The van der Waals surface area contributed by atoms with Gasteiger partial charge in [0.1, 0.15) is 0 Å². The van der Waals surface area contributed by atoms with Crippen LogP contribution in [0.3, 0.4) is 0 Å². The predicted octanol–water partition coefficient (Wildman–Crippen LogP) is 4.50. The van der Waals surface area contributed by atoms with Crippen LogP contribution in [0.15, 0.2) is 48.5 Å². The van der Waals surface area contributed by atoms with Gasteiger partial charge in [-0.25, -0.2) is 0 Å². The molecule has 1 saturated heterocycles. The number of nitriles is 1. The molecule has 4 heteroatoms. The molecule has 4 nitrogen and oxygen atoms in total. The Bertz CT molecular complexity index is 825. The molecule has 1 amide bonds. The molecule has 1 unspecified atom stereocenters. The van der Waals surface area contributed by atoms with Crippen LogP contribution in [0.25, 0.3) is 11.1 Å². The van der Waals surface area contributed by atoms with E-state index in [-0.39, 0.29) is 5.91 Å². The minimum Gasteiger partial charge on any atom is -0.385 e. The third-order valence-electron chi connectivity index (χ3n) is 5.24. The van der Waals surface area contributed by atoms with E-state index in [2.05, 4.69) is 6.07 Å². The van der Waals surface area contributed by atoms with E-state index in [0.29, 0.717) is 17.0 Å². The average Bonchev–Trinajstić information content (AvgIpc) is 2.73. The minimum absolute atomic E-state index is 0.0859. The van der Waals surface area contributed by atoms with E-state index in [4.69, 9.17) is 4.74 Å². The topological polar surface area (TPSA) is 53.3 Å². The molecule has 1 atom stereocenters. The number of rotatable bonds is 6. The summed E-state index contributed by atoms with van der Waals surface area (Å²) in [6.07, 6.45) is 4.39. The summed E-state index contributed by atoms with van der Waals surface area (Å²) in [6, 6.07) is 17.4. The van der Waals surface area contributed by atoms with Crippen LogP contribution in [0.5, 0.6) is 0 Å². The molecule has 0 bridgehead atoms. The van der Waals surface area contributed by atoms with Crippen LogP contribution in [0.1, 0.15) is 41.6 Å². The van der Waals surface area contributed by atoms with Crippen molar-refractivity contribution < 1.29 is 9.53 Å². The third-order valence-corrected chi connectivity index (χ3v) is 5.24. The van der Waals surface area contributed by atoms with Crippen LogP contribution in [-0.2, 0) is 4.74 Å². The number of amides is 1. The highest BCUT2D eigenvalue weighted by Gasteiger charge is 2.24. The molecular formula is C23H26N2O2. The van der Waals surface area contributed by atoms with Crippen molar-refractivity contribution in [1.29, 1.82) is 5.26 Å². The highest BCUT2D eigenvalue weighted by molar-refractivity contribution is 5.95. The lowest BCUT2D eigenvalue weighted by atomic mass is 9.92. The Morgan fingerprint density at radius 2 is 2.11 bits per heavy atom. The van der Waals surface area contributed by atoms with Crippen molar-refractivity contribution in [3.8, 4) is 17.2 Å². The molecule has 1 heterocycles. The van der Waals surface area contributed by atoms with Crippen molar-refractivity contribution in [2.45, 2.75) is 25.7 Å². The summed E-state index contributed by atoms with van der Waals surface area (Å²) in [7, 11) is 1.73. The van der Waals surface area contributed by atoms with Gasteiger partial charge >= 0.3 is 0 Å². The first-order chi connectivity index (χ1) is 13.2. The van der Waals surface area contributed by atoms with Crippen molar-refractivity contribution in [1.82, 2.24) is 4.90 Å². The number of piperidine rings is 1. The summed E-state index contributed by atoms with van der Waals surface area (Å²) in [5.41, 5.74) is 3.09. The van der Waals surface area contributed by atoms with Gasteiger partial charge in [0.25, 0.3) is 5.91 Å². The number of likely N-dealkylation sites (tertiary alicyclic amines) is 1. The predicted molar refractivity (Wildman–Crippen MR) is 106 cm³/mol. The highest BCUT2D eigenvalue weighted by Crippen LogP contribution is 2.26. The van der Waals surface area contributed by atoms with Crippen molar-refractivity contribution in [2.75, 3.05) is 26.8 Å². The fourth-order valence-corrected chi connectivity index (χ4v) is 3.84. The standard InChI is InChI=1S/C23H26N2O2/c1-27-14-6-8-18-7-5-13-25(17-18)23(26)20-11-4-10-19(15-20)22-12-3-2-9-21(22)16-24/h2-4,9-12,15,18H,5-8,13-14,17H2,1H3. The van der Waals surface area contributed by atoms with E-state index in [1.807, 2.05) is 47.4 Å². The average molecular weight is 362 g/mol. The number of hydrogen-bond acceptors (Lipinski definition) is 3. The first kappa shape index (κ1) is 19.1. The van der Waals surface area contributed by atoms with E-state index >= 15 is 0 Å². The Hall–Kier alpha value is -2.64. The molecule has 0 aromatic heterocycles. The van der Waals surface area contributed by atoms with E-state index < -0.39 is 0 Å². The maximum Gasteiger partial charge on any atom is 0.253 e. The molecule has 1 aliphatic heterocycles. The molecule has 27 heavy (non-hydrogen) atoms. The zero-order valence-electron chi connectivity index (χ0n) is 15.9. The SMILES string of the molecule is COCCCC1CCCN(C(=O)c2cccc(-c3ccccc3C#N)c2)C1. The van der Waals surface area contributed by atoms with Crippen molar-refractivity contribution in [2.24, 2.45) is 5.92 Å². The van der Waals surface area contributed by atoms with E-state index in [0.717, 1.165) is 50.1 Å². The zero-order valence-corrected chi connectivity index (χ0v) is 15.9. The smallest absolute Gasteiger partial charge is 0.253 e. The maximum atomic E-state index is 13.0. The van der Waals surface area contributed by atoms with Crippen LogP contribution < -0.4 is 0 Å². The largest absolute Gasteiger partial charge is 0.385 e. The van der Waals surface area contributed by atoms with Gasteiger partial charge in [-0.05, 0) is 60.9 Å². The zero-order chi connectivity index (χ0) is 19.1. The lowest BCUT2D eigenvalue weighted by Gasteiger charge is -2.33. The van der Waals surface area contributed by atoms with E-state index in [1.165, 1.54) is 6.42 Å². The molecule has 140 valence electrons. The molecule has 0 aliphatic carbocycles. The summed E-state index contributed by atoms with van der Waals surface area (Å²) in [5.74, 6) is 0.642. The molecular weight excluding hydrogens is 336 g/mol. The molecule has 2 aromatic carbocycles. The first-order valence-corrected chi connectivity index (χ1v) is 9.60. The van der Waals surface area contributed by atoms with Gasteiger partial charge in [-0.2, -0.15) is 5.26 Å². The second kappa shape index (κ2) is 9.34. The van der Waals surface area contributed by atoms with Gasteiger partial charge in [-0.3, -0.25) is 4.79 Å². The molecule has 1 aliphatic rings. The van der Waals surface area contributed by atoms with Gasteiger partial charge in [0.15, 0.2) is 0 Å². The number of benzene rings is 2. The third kappa shape index (κ3) is 4.75. The van der Waals surface area contributed by atoms with Crippen molar-refractivity contribution >= 4 is 5.91 Å². The fraction of sp³-hybridized carbons (Fsp3) is 0.391. The molecule has 2 aromatic rings. The van der Waals surface area contributed by atoms with Gasteiger partial charge in [-0.15, -0.1) is 0 Å². The summed E-state index contributed by atoms with van der Waals surface area (Å²) in [4.78, 5) is 15.0. The Labute approximate surface area is 161 Å². The highest BCUT2D eigenvalue weighted by atomic mass is 16.5. The number of methoxy groups -OCH3 is 1. The maximum absolute atomic E-state index is 13.0. The van der Waals surface area contributed by atoms with Crippen molar-refractivity contribution in [3.05, 3.63) is 59.7 Å². The molecule has 0 saturated carbocycles. The van der Waals surface area contributed by atoms with Crippen LogP contribution >= 0.6 is 0 Å². The van der Waals surface area contributed by atoms with E-state index in [1.54, 1.807) is 13.2 Å². The molecule has 0 radical (unpaired) electrons. The van der Waals surface area contributed by atoms with Crippen LogP contribution in [0.2, 0.25) is 0 Å².